The van der Waals surface area contributed by atoms with Crippen LogP contribution in [0, 0.1) is 0 Å². The van der Waals surface area contributed by atoms with Gasteiger partial charge < -0.3 is 11.1 Å². The summed E-state index contributed by atoms with van der Waals surface area (Å²) in [5.41, 5.74) is 6.22. The van der Waals surface area contributed by atoms with Crippen LogP contribution < -0.4 is 11.1 Å². The monoisotopic (exact) mass is 269 g/mol. The van der Waals surface area contributed by atoms with Crippen molar-refractivity contribution in [3.8, 4) is 5.82 Å². The molecule has 0 radical (unpaired) electrons. The topological polar surface area (TPSA) is 94.5 Å². The van der Waals surface area contributed by atoms with Gasteiger partial charge in [-0.05, 0) is 25.1 Å². The Bertz CT molecular complexity index is 692. The third-order valence-corrected chi connectivity index (χ3v) is 2.91. The number of aromatic nitrogens is 5. The van der Waals surface area contributed by atoms with Gasteiger partial charge >= 0.3 is 0 Å². The Morgan fingerprint density at radius 2 is 2.15 bits per heavy atom. The summed E-state index contributed by atoms with van der Waals surface area (Å²) in [5.74, 6) is 1.50. The van der Waals surface area contributed by atoms with Crippen LogP contribution in [-0.4, -0.2) is 37.8 Å². The summed E-state index contributed by atoms with van der Waals surface area (Å²) in [6.07, 6.45) is 5.88. The molecule has 3 rings (SSSR count). The van der Waals surface area contributed by atoms with Gasteiger partial charge in [0, 0.05) is 12.7 Å². The maximum absolute atomic E-state index is 5.49. The fourth-order valence-corrected chi connectivity index (χ4v) is 1.94. The number of hydrogen-bond acceptors (Lipinski definition) is 6. The second-order valence-electron chi connectivity index (χ2n) is 4.27. The number of nitrogens with two attached hydrogens (primary N) is 1. The normalized spacial score (nSPS) is 10.8. The van der Waals surface area contributed by atoms with Crippen molar-refractivity contribution in [3.05, 3.63) is 36.9 Å². The number of nitrogens with zero attached hydrogens (tertiary/aromatic N) is 5. The number of hydrogen-bond donors (Lipinski definition) is 2. The Kier molecular flexibility index (Phi) is 3.51. The Morgan fingerprint density at radius 3 is 2.95 bits per heavy atom. The Morgan fingerprint density at radius 1 is 1.20 bits per heavy atom. The summed E-state index contributed by atoms with van der Waals surface area (Å²) in [7, 11) is 0. The zero-order chi connectivity index (χ0) is 13.8. The largest absolute Gasteiger partial charge is 0.369 e. The van der Waals surface area contributed by atoms with Gasteiger partial charge in [-0.2, -0.15) is 9.78 Å². The minimum atomic E-state index is 0.647. The summed E-state index contributed by atoms with van der Waals surface area (Å²) in [5, 5.41) is 8.46. The molecule has 0 aliphatic carbocycles. The molecule has 7 nitrogen and oxygen atoms in total. The molecule has 3 N–H and O–H groups in total. The molecule has 3 aromatic heterocycles. The zero-order valence-electron chi connectivity index (χ0n) is 10.9. The summed E-state index contributed by atoms with van der Waals surface area (Å²) < 4.78 is 1.70. The molecule has 0 aromatic carbocycles. The molecule has 0 aliphatic rings. The molecule has 7 heteroatoms. The number of nitrogens with one attached hydrogen (secondary N) is 1. The van der Waals surface area contributed by atoms with E-state index >= 15 is 0 Å². The Labute approximate surface area is 115 Å². The van der Waals surface area contributed by atoms with Gasteiger partial charge in [-0.3, -0.25) is 0 Å². The lowest BCUT2D eigenvalue weighted by Crippen LogP contribution is -2.09. The standard InChI is InChI=1S/C13H15N7/c14-5-3-7-16-12-10-8-19-20(13(10)18-9-17-12)11-4-1-2-6-15-11/h1-2,4,6,8-9H,3,5,7,14H2,(H,16,17,18). The first-order valence-corrected chi connectivity index (χ1v) is 6.44. The molecule has 3 aromatic rings. The maximum Gasteiger partial charge on any atom is 0.170 e. The van der Waals surface area contributed by atoms with Gasteiger partial charge in [0.05, 0.1) is 11.6 Å². The van der Waals surface area contributed by atoms with E-state index in [2.05, 4.69) is 25.4 Å². The molecular weight excluding hydrogens is 254 g/mol. The lowest BCUT2D eigenvalue weighted by molar-refractivity contribution is 0.860. The van der Waals surface area contributed by atoms with Gasteiger partial charge in [-0.15, -0.1) is 0 Å². The third kappa shape index (κ3) is 2.30. The molecule has 0 saturated heterocycles. The molecule has 0 unspecified atom stereocenters. The molecule has 0 atom stereocenters. The van der Waals surface area contributed by atoms with Gasteiger partial charge in [-0.25, -0.2) is 15.0 Å². The van der Waals surface area contributed by atoms with Gasteiger partial charge in [0.1, 0.15) is 12.1 Å². The van der Waals surface area contributed by atoms with E-state index in [9.17, 15) is 0 Å². The van der Waals surface area contributed by atoms with Gasteiger partial charge in [0.25, 0.3) is 0 Å². The number of rotatable bonds is 5. The zero-order valence-corrected chi connectivity index (χ0v) is 10.9. The molecular formula is C13H15N7. The van der Waals surface area contributed by atoms with Crippen LogP contribution in [0.5, 0.6) is 0 Å². The van der Waals surface area contributed by atoms with Gasteiger partial charge in [0.15, 0.2) is 11.5 Å². The van der Waals surface area contributed by atoms with E-state index in [1.165, 1.54) is 6.33 Å². The summed E-state index contributed by atoms with van der Waals surface area (Å²) in [6, 6.07) is 5.66. The van der Waals surface area contributed by atoms with Gasteiger partial charge in [0.2, 0.25) is 0 Å². The van der Waals surface area contributed by atoms with Gasteiger partial charge in [-0.1, -0.05) is 6.07 Å². The van der Waals surface area contributed by atoms with Crippen molar-refractivity contribution in [2.75, 3.05) is 18.4 Å². The second kappa shape index (κ2) is 5.62. The van der Waals surface area contributed by atoms with E-state index < -0.39 is 0 Å². The lowest BCUT2D eigenvalue weighted by Gasteiger charge is -2.05. The lowest BCUT2D eigenvalue weighted by atomic mass is 10.3. The predicted octanol–water partition coefficient (Wildman–Crippen LogP) is 0.971. The van der Waals surface area contributed by atoms with Crippen molar-refractivity contribution in [2.45, 2.75) is 6.42 Å². The quantitative estimate of drug-likeness (QED) is 0.670. The molecule has 0 bridgehead atoms. The van der Waals surface area contributed by atoms with Crippen molar-refractivity contribution in [2.24, 2.45) is 5.73 Å². The number of anilines is 1. The van der Waals surface area contributed by atoms with E-state index in [-0.39, 0.29) is 0 Å². The molecule has 0 fully saturated rings. The van der Waals surface area contributed by atoms with Crippen molar-refractivity contribution in [3.63, 3.8) is 0 Å². The van der Waals surface area contributed by atoms with Crippen LogP contribution in [0.25, 0.3) is 16.9 Å². The first-order valence-electron chi connectivity index (χ1n) is 6.44. The average molecular weight is 269 g/mol. The van der Waals surface area contributed by atoms with E-state index in [0.29, 0.717) is 6.54 Å². The average Bonchev–Trinajstić information content (AvgIpc) is 2.93. The maximum atomic E-state index is 5.49. The van der Waals surface area contributed by atoms with Crippen LogP contribution in [-0.2, 0) is 0 Å². The van der Waals surface area contributed by atoms with Crippen molar-refractivity contribution >= 4 is 16.9 Å². The summed E-state index contributed by atoms with van der Waals surface area (Å²) >= 11 is 0. The molecule has 20 heavy (non-hydrogen) atoms. The van der Waals surface area contributed by atoms with Crippen LogP contribution in [0.1, 0.15) is 6.42 Å². The molecule has 0 aliphatic heterocycles. The van der Waals surface area contributed by atoms with Crippen molar-refractivity contribution in [1.29, 1.82) is 0 Å². The highest BCUT2D eigenvalue weighted by molar-refractivity contribution is 5.86. The first kappa shape index (κ1) is 12.5. The van der Waals surface area contributed by atoms with Crippen molar-refractivity contribution in [1.82, 2.24) is 24.7 Å². The predicted molar refractivity (Wildman–Crippen MR) is 76.6 cm³/mol. The van der Waals surface area contributed by atoms with E-state index in [1.807, 2.05) is 18.2 Å². The van der Waals surface area contributed by atoms with E-state index in [0.717, 1.165) is 35.6 Å². The highest BCUT2D eigenvalue weighted by atomic mass is 15.3. The Balaban J connectivity index is 1.99. The van der Waals surface area contributed by atoms with Crippen LogP contribution in [0.3, 0.4) is 0 Å². The smallest absolute Gasteiger partial charge is 0.170 e. The summed E-state index contributed by atoms with van der Waals surface area (Å²) in [4.78, 5) is 12.8. The number of pyridine rings is 1. The molecule has 102 valence electrons. The van der Waals surface area contributed by atoms with Crippen LogP contribution >= 0.6 is 0 Å². The summed E-state index contributed by atoms with van der Waals surface area (Å²) in [6.45, 7) is 1.42. The van der Waals surface area contributed by atoms with Crippen LogP contribution in [0.2, 0.25) is 0 Å². The minimum absolute atomic E-state index is 0.647. The SMILES string of the molecule is NCCCNc1ncnc2c1cnn2-c1ccccn1. The van der Waals surface area contributed by atoms with E-state index in [1.54, 1.807) is 17.1 Å². The molecule has 0 spiro atoms. The fraction of sp³-hybridized carbons (Fsp3) is 0.231. The third-order valence-electron chi connectivity index (χ3n) is 2.91. The Hall–Kier alpha value is -2.54. The van der Waals surface area contributed by atoms with Crippen LogP contribution in [0.15, 0.2) is 36.9 Å². The van der Waals surface area contributed by atoms with E-state index in [4.69, 9.17) is 5.73 Å². The van der Waals surface area contributed by atoms with Crippen molar-refractivity contribution < 1.29 is 0 Å². The fourth-order valence-electron chi connectivity index (χ4n) is 1.94. The minimum Gasteiger partial charge on any atom is -0.369 e. The molecule has 0 saturated carbocycles. The highest BCUT2D eigenvalue weighted by Crippen LogP contribution is 2.20. The second-order valence-corrected chi connectivity index (χ2v) is 4.27. The highest BCUT2D eigenvalue weighted by Gasteiger charge is 2.10. The molecule has 3 heterocycles. The number of fused-ring (bicyclic) bond motifs is 1. The first-order chi connectivity index (χ1) is 9.90. The molecule has 0 amide bonds. The van der Waals surface area contributed by atoms with Crippen LogP contribution in [0.4, 0.5) is 5.82 Å².